The second kappa shape index (κ2) is 9.06. The number of carbonyl (C=O) groups is 2. The van der Waals surface area contributed by atoms with Crippen LogP contribution >= 0.6 is 0 Å². The highest BCUT2D eigenvalue weighted by Gasteiger charge is 2.24. The Morgan fingerprint density at radius 3 is 1.38 bits per heavy atom. The molecule has 0 fully saturated rings. The molecule has 118 valence electrons. The van der Waals surface area contributed by atoms with Crippen molar-refractivity contribution in [1.82, 2.24) is 0 Å². The van der Waals surface area contributed by atoms with Gasteiger partial charge in [-0.15, -0.1) is 0 Å². The Hall–Kier alpha value is -1.96. The molecule has 0 aromatic heterocycles. The Morgan fingerprint density at radius 1 is 0.905 bits per heavy atom. The van der Waals surface area contributed by atoms with Crippen LogP contribution < -0.4 is 0 Å². The fourth-order valence-electron chi connectivity index (χ4n) is 1.34. The summed E-state index contributed by atoms with van der Waals surface area (Å²) >= 11 is 0. The van der Waals surface area contributed by atoms with Gasteiger partial charge in [0, 0.05) is 5.41 Å². The SMILES string of the molecule is CCC(CO)(CO)CO.O=C(O)c1ccccc1C(=O)O. The number of aliphatic hydroxyl groups is 3. The van der Waals surface area contributed by atoms with Crippen molar-refractivity contribution < 1.29 is 35.1 Å². The zero-order valence-electron chi connectivity index (χ0n) is 11.7. The van der Waals surface area contributed by atoms with E-state index in [1.807, 2.05) is 6.92 Å². The normalized spacial score (nSPS) is 10.5. The van der Waals surface area contributed by atoms with Gasteiger partial charge in [0.05, 0.1) is 30.9 Å². The summed E-state index contributed by atoms with van der Waals surface area (Å²) in [7, 11) is 0. The van der Waals surface area contributed by atoms with E-state index >= 15 is 0 Å². The van der Waals surface area contributed by atoms with Gasteiger partial charge in [0.25, 0.3) is 0 Å². The molecule has 7 heteroatoms. The van der Waals surface area contributed by atoms with Crippen LogP contribution in [0.2, 0.25) is 0 Å². The molecule has 1 aromatic rings. The Labute approximate surface area is 122 Å². The minimum atomic E-state index is -1.23. The summed E-state index contributed by atoms with van der Waals surface area (Å²) in [6.07, 6.45) is 0.594. The van der Waals surface area contributed by atoms with Crippen LogP contribution in [0.4, 0.5) is 0 Å². The minimum Gasteiger partial charge on any atom is -0.478 e. The first kappa shape index (κ1) is 19.0. The Kier molecular flexibility index (Phi) is 8.22. The van der Waals surface area contributed by atoms with E-state index < -0.39 is 17.4 Å². The zero-order valence-corrected chi connectivity index (χ0v) is 11.7. The molecule has 1 aromatic carbocycles. The Balaban J connectivity index is 0.000000400. The highest BCUT2D eigenvalue weighted by Crippen LogP contribution is 2.18. The first-order valence-electron chi connectivity index (χ1n) is 6.25. The Morgan fingerprint density at radius 2 is 1.24 bits per heavy atom. The lowest BCUT2D eigenvalue weighted by molar-refractivity contribution is 0.00303. The smallest absolute Gasteiger partial charge is 0.336 e. The van der Waals surface area contributed by atoms with E-state index in [0.717, 1.165) is 0 Å². The van der Waals surface area contributed by atoms with Crippen LogP contribution in [0.5, 0.6) is 0 Å². The van der Waals surface area contributed by atoms with Crippen LogP contribution in [0.3, 0.4) is 0 Å². The van der Waals surface area contributed by atoms with Gasteiger partial charge in [-0.2, -0.15) is 0 Å². The van der Waals surface area contributed by atoms with Crippen molar-refractivity contribution in [2.24, 2.45) is 5.41 Å². The zero-order chi connectivity index (χ0) is 16.5. The number of carboxylic acid groups (broad SMARTS) is 2. The maximum Gasteiger partial charge on any atom is 0.336 e. The highest BCUT2D eigenvalue weighted by molar-refractivity contribution is 6.01. The molecule has 7 nitrogen and oxygen atoms in total. The number of benzene rings is 1. The molecule has 0 bridgehead atoms. The monoisotopic (exact) mass is 300 g/mol. The van der Waals surface area contributed by atoms with Crippen LogP contribution in [0.25, 0.3) is 0 Å². The van der Waals surface area contributed by atoms with Crippen molar-refractivity contribution in [1.29, 1.82) is 0 Å². The summed E-state index contributed by atoms with van der Waals surface area (Å²) in [6, 6.07) is 5.48. The lowest BCUT2D eigenvalue weighted by Crippen LogP contribution is -2.32. The van der Waals surface area contributed by atoms with Crippen molar-refractivity contribution in [3.05, 3.63) is 35.4 Å². The van der Waals surface area contributed by atoms with E-state index in [2.05, 4.69) is 0 Å². The quantitative estimate of drug-likeness (QED) is 0.514. The van der Waals surface area contributed by atoms with Gasteiger partial charge in [-0.05, 0) is 18.6 Å². The molecule has 0 spiro atoms. The second-order valence-electron chi connectivity index (χ2n) is 4.48. The second-order valence-corrected chi connectivity index (χ2v) is 4.48. The average Bonchev–Trinajstić information content (AvgIpc) is 2.50. The van der Waals surface area contributed by atoms with Gasteiger partial charge >= 0.3 is 11.9 Å². The molecule has 5 N–H and O–H groups in total. The summed E-state index contributed by atoms with van der Waals surface area (Å²) in [6.45, 7) is 1.35. The number of aromatic carboxylic acids is 2. The molecule has 0 saturated carbocycles. The summed E-state index contributed by atoms with van der Waals surface area (Å²) in [5.41, 5.74) is -1.05. The number of hydrogen-bond acceptors (Lipinski definition) is 5. The summed E-state index contributed by atoms with van der Waals surface area (Å²) in [5, 5.41) is 43.1. The van der Waals surface area contributed by atoms with Crippen molar-refractivity contribution in [2.45, 2.75) is 13.3 Å². The van der Waals surface area contributed by atoms with Crippen molar-refractivity contribution >= 4 is 11.9 Å². The van der Waals surface area contributed by atoms with Crippen LogP contribution in [-0.4, -0.2) is 57.3 Å². The van der Waals surface area contributed by atoms with Gasteiger partial charge in [0.2, 0.25) is 0 Å². The Bertz CT molecular complexity index is 416. The third kappa shape index (κ3) is 5.50. The van der Waals surface area contributed by atoms with Gasteiger partial charge in [0.1, 0.15) is 0 Å². The standard InChI is InChI=1S/C8H6O4.C6H14O3/c9-7(10)5-3-1-2-4-6(5)8(11)12;1-2-6(3-7,4-8)5-9/h1-4H,(H,9,10)(H,11,12);7-9H,2-5H2,1H3. The fraction of sp³-hybridized carbons (Fsp3) is 0.429. The summed E-state index contributed by atoms with van der Waals surface area (Å²) in [4.78, 5) is 20.9. The molecule has 0 unspecified atom stereocenters. The maximum absolute atomic E-state index is 10.5. The first-order valence-corrected chi connectivity index (χ1v) is 6.25. The predicted molar refractivity (Wildman–Crippen MR) is 74.3 cm³/mol. The van der Waals surface area contributed by atoms with Gasteiger partial charge in [-0.1, -0.05) is 19.1 Å². The van der Waals surface area contributed by atoms with Crippen molar-refractivity contribution in [3.63, 3.8) is 0 Å². The lowest BCUT2D eigenvalue weighted by atomic mass is 9.88. The van der Waals surface area contributed by atoms with Crippen molar-refractivity contribution in [3.8, 4) is 0 Å². The minimum absolute atomic E-state index is 0.156. The third-order valence-electron chi connectivity index (χ3n) is 3.14. The number of aliphatic hydroxyl groups excluding tert-OH is 3. The molecule has 0 radical (unpaired) electrons. The molecule has 0 atom stereocenters. The van der Waals surface area contributed by atoms with Crippen LogP contribution in [0.15, 0.2) is 24.3 Å². The topological polar surface area (TPSA) is 135 Å². The van der Waals surface area contributed by atoms with Crippen LogP contribution in [-0.2, 0) is 0 Å². The molecule has 0 saturated heterocycles. The third-order valence-corrected chi connectivity index (χ3v) is 3.14. The molecule has 21 heavy (non-hydrogen) atoms. The predicted octanol–water partition coefficient (Wildman–Crippen LogP) is 0.443. The van der Waals surface area contributed by atoms with Crippen LogP contribution in [0.1, 0.15) is 34.1 Å². The summed E-state index contributed by atoms with van der Waals surface area (Å²) < 4.78 is 0. The molecule has 1 rings (SSSR count). The maximum atomic E-state index is 10.5. The van der Waals surface area contributed by atoms with E-state index in [4.69, 9.17) is 25.5 Å². The molecule has 0 heterocycles. The first-order chi connectivity index (χ1) is 9.87. The molecule has 0 aliphatic heterocycles. The van der Waals surface area contributed by atoms with Gasteiger partial charge in [-0.3, -0.25) is 0 Å². The molecular formula is C14H20O7. The van der Waals surface area contributed by atoms with E-state index in [-0.39, 0.29) is 30.9 Å². The highest BCUT2D eigenvalue weighted by atomic mass is 16.4. The average molecular weight is 300 g/mol. The summed E-state index contributed by atoms with van der Waals surface area (Å²) in [5.74, 6) is -2.46. The number of hydrogen-bond donors (Lipinski definition) is 5. The van der Waals surface area contributed by atoms with E-state index in [0.29, 0.717) is 6.42 Å². The lowest BCUT2D eigenvalue weighted by Gasteiger charge is -2.24. The van der Waals surface area contributed by atoms with Crippen molar-refractivity contribution in [2.75, 3.05) is 19.8 Å². The molecule has 0 aliphatic carbocycles. The van der Waals surface area contributed by atoms with Gasteiger partial charge in [0.15, 0.2) is 0 Å². The number of rotatable bonds is 6. The van der Waals surface area contributed by atoms with Gasteiger partial charge in [-0.25, -0.2) is 9.59 Å². The largest absolute Gasteiger partial charge is 0.478 e. The fourth-order valence-corrected chi connectivity index (χ4v) is 1.34. The van der Waals surface area contributed by atoms with E-state index in [1.54, 1.807) is 0 Å². The number of carboxylic acids is 2. The van der Waals surface area contributed by atoms with Crippen LogP contribution in [0, 0.1) is 5.41 Å². The molecular weight excluding hydrogens is 280 g/mol. The van der Waals surface area contributed by atoms with Gasteiger partial charge < -0.3 is 25.5 Å². The molecule has 0 aliphatic rings. The van der Waals surface area contributed by atoms with E-state index in [1.165, 1.54) is 24.3 Å². The molecule has 0 amide bonds. The van der Waals surface area contributed by atoms with E-state index in [9.17, 15) is 9.59 Å².